The van der Waals surface area contributed by atoms with Crippen LogP contribution in [0.15, 0.2) is 18.2 Å². The van der Waals surface area contributed by atoms with Gasteiger partial charge in [0.15, 0.2) is 11.5 Å². The van der Waals surface area contributed by atoms with Crippen LogP contribution in [0.2, 0.25) is 0 Å². The van der Waals surface area contributed by atoms with Crippen molar-refractivity contribution in [1.29, 1.82) is 0 Å². The van der Waals surface area contributed by atoms with Gasteiger partial charge in [-0.1, -0.05) is 6.07 Å². The van der Waals surface area contributed by atoms with E-state index in [-0.39, 0.29) is 0 Å². The molecule has 1 fully saturated rings. The normalized spacial score (nSPS) is 20.4. The van der Waals surface area contributed by atoms with E-state index in [1.165, 1.54) is 0 Å². The van der Waals surface area contributed by atoms with Gasteiger partial charge in [0.25, 0.3) is 0 Å². The third-order valence-corrected chi connectivity index (χ3v) is 3.43. The molecule has 0 bridgehead atoms. The summed E-state index contributed by atoms with van der Waals surface area (Å²) in [5.41, 5.74) is 7.08. The number of fused-ring (bicyclic) bond motifs is 1. The molecule has 1 aromatic rings. The number of hydrogen-bond acceptors (Lipinski definition) is 4. The Morgan fingerprint density at radius 3 is 2.71 bits per heavy atom. The molecule has 1 aromatic carbocycles. The van der Waals surface area contributed by atoms with Gasteiger partial charge in [-0.25, -0.2) is 0 Å². The van der Waals surface area contributed by atoms with E-state index in [9.17, 15) is 0 Å². The number of benzene rings is 1. The molecule has 3 rings (SSSR count). The zero-order chi connectivity index (χ0) is 11.7. The van der Waals surface area contributed by atoms with Crippen molar-refractivity contribution in [2.45, 2.75) is 18.9 Å². The van der Waals surface area contributed by atoms with Crippen molar-refractivity contribution in [2.75, 3.05) is 31.2 Å². The van der Waals surface area contributed by atoms with Gasteiger partial charge in [0, 0.05) is 19.1 Å². The Kier molecular flexibility index (Phi) is 2.81. The number of ether oxygens (including phenoxy) is 2. The maximum atomic E-state index is 5.93. The second-order valence-corrected chi connectivity index (χ2v) is 4.63. The molecular weight excluding hydrogens is 216 g/mol. The van der Waals surface area contributed by atoms with Crippen molar-refractivity contribution in [1.82, 2.24) is 0 Å². The second-order valence-electron chi connectivity index (χ2n) is 4.63. The van der Waals surface area contributed by atoms with Gasteiger partial charge in [-0.2, -0.15) is 0 Å². The number of hydrogen-bond donors (Lipinski definition) is 1. The minimum Gasteiger partial charge on any atom is -0.486 e. The fourth-order valence-electron chi connectivity index (χ4n) is 2.45. The highest BCUT2D eigenvalue weighted by molar-refractivity contribution is 5.65. The lowest BCUT2D eigenvalue weighted by molar-refractivity contribution is 0.172. The van der Waals surface area contributed by atoms with Crippen LogP contribution in [0.25, 0.3) is 0 Å². The van der Waals surface area contributed by atoms with Gasteiger partial charge in [-0.15, -0.1) is 0 Å². The van der Waals surface area contributed by atoms with E-state index in [4.69, 9.17) is 15.2 Å². The largest absolute Gasteiger partial charge is 0.486 e. The Labute approximate surface area is 101 Å². The van der Waals surface area contributed by atoms with E-state index >= 15 is 0 Å². The molecule has 0 aromatic heterocycles. The number of piperidine rings is 1. The van der Waals surface area contributed by atoms with Crippen LogP contribution >= 0.6 is 0 Å². The molecule has 0 spiro atoms. The van der Waals surface area contributed by atoms with Gasteiger partial charge in [0.2, 0.25) is 0 Å². The van der Waals surface area contributed by atoms with Crippen LogP contribution in [-0.4, -0.2) is 32.3 Å². The lowest BCUT2D eigenvalue weighted by Crippen LogP contribution is -2.40. The summed E-state index contributed by atoms with van der Waals surface area (Å²) in [7, 11) is 0. The summed E-state index contributed by atoms with van der Waals surface area (Å²) >= 11 is 0. The summed E-state index contributed by atoms with van der Waals surface area (Å²) in [6.45, 7) is 3.28. The molecule has 0 radical (unpaired) electrons. The third-order valence-electron chi connectivity index (χ3n) is 3.43. The van der Waals surface area contributed by atoms with E-state index in [0.717, 1.165) is 43.1 Å². The summed E-state index contributed by atoms with van der Waals surface area (Å²) in [6, 6.07) is 6.44. The van der Waals surface area contributed by atoms with Crippen LogP contribution in [0.1, 0.15) is 12.8 Å². The van der Waals surface area contributed by atoms with E-state index in [1.807, 2.05) is 12.1 Å². The average molecular weight is 234 g/mol. The van der Waals surface area contributed by atoms with Crippen LogP contribution < -0.4 is 20.1 Å². The molecule has 2 heterocycles. The molecule has 0 atom stereocenters. The number of nitrogens with zero attached hydrogens (tertiary/aromatic N) is 1. The van der Waals surface area contributed by atoms with Crippen LogP contribution in [0.3, 0.4) is 0 Å². The highest BCUT2D eigenvalue weighted by atomic mass is 16.6. The predicted molar refractivity (Wildman–Crippen MR) is 66.9 cm³/mol. The van der Waals surface area contributed by atoms with Gasteiger partial charge in [-0.3, -0.25) is 0 Å². The van der Waals surface area contributed by atoms with Gasteiger partial charge in [0.1, 0.15) is 13.2 Å². The Morgan fingerprint density at radius 2 is 1.88 bits per heavy atom. The Balaban J connectivity index is 1.87. The van der Waals surface area contributed by atoms with Crippen molar-refractivity contribution in [3.8, 4) is 11.5 Å². The van der Waals surface area contributed by atoms with Crippen molar-refractivity contribution < 1.29 is 9.47 Å². The second kappa shape index (κ2) is 4.45. The molecule has 2 N–H and O–H groups in total. The van der Waals surface area contributed by atoms with Crippen molar-refractivity contribution >= 4 is 5.69 Å². The first kappa shape index (κ1) is 10.7. The summed E-state index contributed by atoms with van der Waals surface area (Å²) in [5, 5.41) is 0. The summed E-state index contributed by atoms with van der Waals surface area (Å²) < 4.78 is 11.3. The first-order valence-electron chi connectivity index (χ1n) is 6.24. The topological polar surface area (TPSA) is 47.7 Å². The maximum absolute atomic E-state index is 5.93. The molecule has 4 heteroatoms. The molecular formula is C13H18N2O2. The van der Waals surface area contributed by atoms with Gasteiger partial charge in [-0.05, 0) is 25.0 Å². The van der Waals surface area contributed by atoms with Gasteiger partial charge >= 0.3 is 0 Å². The quantitative estimate of drug-likeness (QED) is 0.797. The number of rotatable bonds is 1. The highest BCUT2D eigenvalue weighted by Gasteiger charge is 2.22. The van der Waals surface area contributed by atoms with E-state index in [0.29, 0.717) is 19.3 Å². The smallest absolute Gasteiger partial charge is 0.184 e. The molecule has 2 aliphatic rings. The highest BCUT2D eigenvalue weighted by Crippen LogP contribution is 2.40. The maximum Gasteiger partial charge on any atom is 0.184 e. The molecule has 0 amide bonds. The zero-order valence-electron chi connectivity index (χ0n) is 9.89. The first-order chi connectivity index (χ1) is 8.34. The molecule has 2 aliphatic heterocycles. The summed E-state index contributed by atoms with van der Waals surface area (Å²) in [6.07, 6.45) is 2.09. The van der Waals surface area contributed by atoms with Crippen LogP contribution in [-0.2, 0) is 0 Å². The Morgan fingerprint density at radius 1 is 1.12 bits per heavy atom. The molecule has 0 unspecified atom stereocenters. The molecule has 1 saturated heterocycles. The standard InChI is InChI=1S/C13H18N2O2/c14-10-4-6-15(7-5-10)11-2-1-3-12-13(11)17-9-8-16-12/h1-3,10H,4-9,14H2. The van der Waals surface area contributed by atoms with Crippen molar-refractivity contribution in [3.63, 3.8) is 0 Å². The Hall–Kier alpha value is -1.42. The van der Waals surface area contributed by atoms with Crippen LogP contribution in [0, 0.1) is 0 Å². The summed E-state index contributed by atoms with van der Waals surface area (Å²) in [4.78, 5) is 2.34. The van der Waals surface area contributed by atoms with E-state index in [1.54, 1.807) is 0 Å². The minimum atomic E-state index is 0.350. The number of nitrogens with two attached hydrogens (primary N) is 1. The monoisotopic (exact) mass is 234 g/mol. The lowest BCUT2D eigenvalue weighted by atomic mass is 10.1. The first-order valence-corrected chi connectivity index (χ1v) is 6.24. The lowest BCUT2D eigenvalue weighted by Gasteiger charge is -2.34. The number of para-hydroxylation sites is 1. The van der Waals surface area contributed by atoms with Crippen LogP contribution in [0.4, 0.5) is 5.69 Å². The van der Waals surface area contributed by atoms with E-state index < -0.39 is 0 Å². The third kappa shape index (κ3) is 2.05. The van der Waals surface area contributed by atoms with Crippen molar-refractivity contribution in [3.05, 3.63) is 18.2 Å². The SMILES string of the molecule is NC1CCN(c2cccc3c2OCCO3)CC1. The molecule has 4 nitrogen and oxygen atoms in total. The predicted octanol–water partition coefficient (Wildman–Crippen LogP) is 1.39. The molecule has 92 valence electrons. The van der Waals surface area contributed by atoms with Crippen molar-refractivity contribution in [2.24, 2.45) is 5.73 Å². The number of anilines is 1. The average Bonchev–Trinajstić information content (AvgIpc) is 2.39. The zero-order valence-corrected chi connectivity index (χ0v) is 9.89. The Bertz CT molecular complexity index is 400. The molecule has 17 heavy (non-hydrogen) atoms. The summed E-state index contributed by atoms with van der Waals surface area (Å²) in [5.74, 6) is 1.76. The minimum absolute atomic E-state index is 0.350. The van der Waals surface area contributed by atoms with Gasteiger partial charge in [0.05, 0.1) is 5.69 Å². The van der Waals surface area contributed by atoms with Crippen LogP contribution in [0.5, 0.6) is 11.5 Å². The fraction of sp³-hybridized carbons (Fsp3) is 0.538. The molecule has 0 aliphatic carbocycles. The van der Waals surface area contributed by atoms with Gasteiger partial charge < -0.3 is 20.1 Å². The fourth-order valence-corrected chi connectivity index (χ4v) is 2.45. The van der Waals surface area contributed by atoms with E-state index in [2.05, 4.69) is 11.0 Å². The molecule has 0 saturated carbocycles.